The van der Waals surface area contributed by atoms with E-state index in [0.717, 1.165) is 12.5 Å². The van der Waals surface area contributed by atoms with Crippen molar-refractivity contribution in [2.75, 3.05) is 11.4 Å². The smallest absolute Gasteiger partial charge is 0.0404 e. The van der Waals surface area contributed by atoms with Gasteiger partial charge in [-0.3, -0.25) is 0 Å². The molecule has 1 aliphatic carbocycles. The van der Waals surface area contributed by atoms with E-state index in [4.69, 9.17) is 5.73 Å². The molecule has 2 heteroatoms. The van der Waals surface area contributed by atoms with Gasteiger partial charge in [-0.05, 0) is 49.8 Å². The first-order valence-corrected chi connectivity index (χ1v) is 7.38. The van der Waals surface area contributed by atoms with Crippen molar-refractivity contribution in [3.8, 4) is 0 Å². The number of fused-ring (bicyclic) bond motifs is 1. The van der Waals surface area contributed by atoms with E-state index in [2.05, 4.69) is 30.0 Å². The van der Waals surface area contributed by atoms with Gasteiger partial charge in [-0.2, -0.15) is 0 Å². The molecule has 1 fully saturated rings. The van der Waals surface area contributed by atoms with E-state index in [1.165, 1.54) is 49.9 Å². The van der Waals surface area contributed by atoms with Gasteiger partial charge in [0.25, 0.3) is 0 Å². The van der Waals surface area contributed by atoms with E-state index in [1.54, 1.807) is 5.56 Å². The fraction of sp³-hybridized carbons (Fsp3) is 0.625. The minimum absolute atomic E-state index is 0.261. The van der Waals surface area contributed by atoms with Crippen molar-refractivity contribution in [3.63, 3.8) is 0 Å². The molecule has 0 aromatic heterocycles. The van der Waals surface area contributed by atoms with Crippen LogP contribution in [0.15, 0.2) is 18.2 Å². The normalized spacial score (nSPS) is 21.3. The van der Waals surface area contributed by atoms with E-state index in [-0.39, 0.29) is 6.04 Å². The Morgan fingerprint density at radius 1 is 1.33 bits per heavy atom. The van der Waals surface area contributed by atoms with Crippen molar-refractivity contribution < 1.29 is 0 Å². The summed E-state index contributed by atoms with van der Waals surface area (Å²) in [4.78, 5) is 2.66. The zero-order chi connectivity index (χ0) is 12.5. The summed E-state index contributed by atoms with van der Waals surface area (Å²) in [5.41, 5.74) is 10.5. The zero-order valence-corrected chi connectivity index (χ0v) is 11.4. The van der Waals surface area contributed by atoms with Crippen LogP contribution in [0.1, 0.15) is 43.7 Å². The Balaban J connectivity index is 1.87. The molecule has 1 aromatic rings. The summed E-state index contributed by atoms with van der Waals surface area (Å²) >= 11 is 0. The topological polar surface area (TPSA) is 29.3 Å². The third-order valence-electron chi connectivity index (χ3n) is 4.47. The molecular weight excluding hydrogens is 220 g/mol. The molecule has 18 heavy (non-hydrogen) atoms. The van der Waals surface area contributed by atoms with Crippen molar-refractivity contribution in [2.24, 2.45) is 5.73 Å². The number of rotatable bonds is 3. The molecule has 2 N–H and O–H groups in total. The third kappa shape index (κ3) is 2.14. The summed E-state index contributed by atoms with van der Waals surface area (Å²) in [5.74, 6) is 0. The van der Waals surface area contributed by atoms with Crippen molar-refractivity contribution in [1.82, 2.24) is 0 Å². The van der Waals surface area contributed by atoms with Gasteiger partial charge in [0.15, 0.2) is 0 Å². The van der Waals surface area contributed by atoms with Gasteiger partial charge < -0.3 is 10.6 Å². The largest absolute Gasteiger partial charge is 0.368 e. The van der Waals surface area contributed by atoms with Gasteiger partial charge in [-0.15, -0.1) is 0 Å². The second kappa shape index (κ2) is 4.93. The molecule has 0 saturated heterocycles. The molecule has 0 radical (unpaired) electrons. The zero-order valence-electron chi connectivity index (χ0n) is 11.4. The summed E-state index contributed by atoms with van der Waals surface area (Å²) in [5, 5.41) is 0. The Bertz CT molecular complexity index is 419. The second-order valence-electron chi connectivity index (χ2n) is 5.98. The monoisotopic (exact) mass is 244 g/mol. The molecule has 0 bridgehead atoms. The average molecular weight is 244 g/mol. The molecule has 1 unspecified atom stereocenters. The fourth-order valence-electron chi connectivity index (χ4n) is 3.66. The van der Waals surface area contributed by atoms with E-state index in [1.807, 2.05) is 0 Å². The highest BCUT2D eigenvalue weighted by atomic mass is 15.2. The summed E-state index contributed by atoms with van der Waals surface area (Å²) in [7, 11) is 0. The van der Waals surface area contributed by atoms with Gasteiger partial charge in [0, 0.05) is 24.3 Å². The Hall–Kier alpha value is -1.02. The van der Waals surface area contributed by atoms with E-state index in [9.17, 15) is 0 Å². The SMILES string of the molecule is CC(N)Cc1cccc2c1CCN2C1CCCC1. The van der Waals surface area contributed by atoms with Crippen LogP contribution in [-0.4, -0.2) is 18.6 Å². The first-order valence-electron chi connectivity index (χ1n) is 7.38. The Kier molecular flexibility index (Phi) is 3.29. The van der Waals surface area contributed by atoms with Crippen LogP contribution in [0, 0.1) is 0 Å². The van der Waals surface area contributed by atoms with Crippen LogP contribution in [0.2, 0.25) is 0 Å². The minimum atomic E-state index is 0.261. The quantitative estimate of drug-likeness (QED) is 0.886. The Morgan fingerprint density at radius 2 is 2.11 bits per heavy atom. The summed E-state index contributed by atoms with van der Waals surface area (Å²) in [6.45, 7) is 3.32. The number of anilines is 1. The van der Waals surface area contributed by atoms with Gasteiger partial charge in [-0.25, -0.2) is 0 Å². The number of nitrogens with zero attached hydrogens (tertiary/aromatic N) is 1. The molecule has 98 valence electrons. The van der Waals surface area contributed by atoms with Crippen LogP contribution in [0.25, 0.3) is 0 Å². The van der Waals surface area contributed by atoms with Crippen molar-refractivity contribution in [1.29, 1.82) is 0 Å². The molecule has 0 spiro atoms. The lowest BCUT2D eigenvalue weighted by molar-refractivity contribution is 0.625. The molecule has 1 aromatic carbocycles. The van der Waals surface area contributed by atoms with E-state index < -0.39 is 0 Å². The lowest BCUT2D eigenvalue weighted by Gasteiger charge is -2.27. The molecule has 1 heterocycles. The molecule has 2 aliphatic rings. The molecule has 0 amide bonds. The summed E-state index contributed by atoms with van der Waals surface area (Å²) in [6.07, 6.45) is 7.83. The maximum absolute atomic E-state index is 5.96. The minimum Gasteiger partial charge on any atom is -0.368 e. The van der Waals surface area contributed by atoms with E-state index >= 15 is 0 Å². The first-order chi connectivity index (χ1) is 8.75. The predicted molar refractivity (Wildman–Crippen MR) is 77.1 cm³/mol. The van der Waals surface area contributed by atoms with Crippen LogP contribution in [0.4, 0.5) is 5.69 Å². The first kappa shape index (κ1) is 12.0. The lowest BCUT2D eigenvalue weighted by Crippen LogP contribution is -2.31. The Labute approximate surface area is 110 Å². The molecule has 1 aliphatic heterocycles. The van der Waals surface area contributed by atoms with Crippen LogP contribution in [0.3, 0.4) is 0 Å². The second-order valence-corrected chi connectivity index (χ2v) is 5.98. The Morgan fingerprint density at radius 3 is 2.83 bits per heavy atom. The molecule has 2 nitrogen and oxygen atoms in total. The van der Waals surface area contributed by atoms with Crippen LogP contribution in [0.5, 0.6) is 0 Å². The molecular formula is C16H24N2. The number of hydrogen-bond donors (Lipinski definition) is 1. The van der Waals surface area contributed by atoms with Gasteiger partial charge in [0.05, 0.1) is 0 Å². The molecule has 1 saturated carbocycles. The van der Waals surface area contributed by atoms with Crippen LogP contribution < -0.4 is 10.6 Å². The highest BCUT2D eigenvalue weighted by Gasteiger charge is 2.29. The van der Waals surface area contributed by atoms with Gasteiger partial charge in [-0.1, -0.05) is 25.0 Å². The van der Waals surface area contributed by atoms with Crippen molar-refractivity contribution in [2.45, 2.75) is 57.5 Å². The molecule has 1 atom stereocenters. The lowest BCUT2D eigenvalue weighted by atomic mass is 9.99. The highest BCUT2D eigenvalue weighted by Crippen LogP contribution is 2.36. The highest BCUT2D eigenvalue weighted by molar-refractivity contribution is 5.61. The maximum Gasteiger partial charge on any atom is 0.0404 e. The van der Waals surface area contributed by atoms with Gasteiger partial charge in [0.1, 0.15) is 0 Å². The molecule has 3 rings (SSSR count). The van der Waals surface area contributed by atoms with Gasteiger partial charge in [0.2, 0.25) is 0 Å². The van der Waals surface area contributed by atoms with Crippen molar-refractivity contribution >= 4 is 5.69 Å². The van der Waals surface area contributed by atoms with E-state index in [0.29, 0.717) is 0 Å². The standard InChI is InChI=1S/C16H24N2/c1-12(17)11-13-5-4-8-16-15(13)9-10-18(16)14-6-2-3-7-14/h4-5,8,12,14H,2-3,6-7,9-11,17H2,1H3. The van der Waals surface area contributed by atoms with Crippen LogP contribution in [-0.2, 0) is 12.8 Å². The number of hydrogen-bond acceptors (Lipinski definition) is 2. The maximum atomic E-state index is 5.96. The summed E-state index contributed by atoms with van der Waals surface area (Å²) < 4.78 is 0. The predicted octanol–water partition coefficient (Wildman–Crippen LogP) is 2.88. The number of nitrogens with two attached hydrogens (primary N) is 1. The number of benzene rings is 1. The average Bonchev–Trinajstić information content (AvgIpc) is 2.96. The fourth-order valence-corrected chi connectivity index (χ4v) is 3.66. The van der Waals surface area contributed by atoms with Crippen molar-refractivity contribution in [3.05, 3.63) is 29.3 Å². The van der Waals surface area contributed by atoms with Crippen LogP contribution >= 0.6 is 0 Å². The third-order valence-corrected chi connectivity index (χ3v) is 4.47. The van der Waals surface area contributed by atoms with Gasteiger partial charge >= 0.3 is 0 Å². The summed E-state index contributed by atoms with van der Waals surface area (Å²) in [6, 6.07) is 7.85.